The highest BCUT2D eigenvalue weighted by Crippen LogP contribution is 2.33. The Morgan fingerprint density at radius 1 is 1.46 bits per heavy atom. The first-order valence-corrected chi connectivity index (χ1v) is 4.82. The van der Waals surface area contributed by atoms with Crippen molar-refractivity contribution < 1.29 is 14.6 Å². The number of esters is 1. The van der Waals surface area contributed by atoms with Crippen molar-refractivity contribution in [1.29, 1.82) is 0 Å². The molecule has 2 fully saturated rings. The molecule has 0 spiro atoms. The molecule has 2 aliphatic rings. The summed E-state index contributed by atoms with van der Waals surface area (Å²) in [6.07, 6.45) is 1.99. The van der Waals surface area contributed by atoms with E-state index in [-0.39, 0.29) is 11.9 Å². The highest BCUT2D eigenvalue weighted by molar-refractivity contribution is 5.75. The lowest BCUT2D eigenvalue weighted by Crippen LogP contribution is -2.48. The van der Waals surface area contributed by atoms with E-state index in [0.29, 0.717) is 25.9 Å². The second-order valence-electron chi connectivity index (χ2n) is 3.86. The van der Waals surface area contributed by atoms with Crippen LogP contribution in [0.15, 0.2) is 0 Å². The number of aliphatic hydroxyl groups is 1. The van der Waals surface area contributed by atoms with Crippen molar-refractivity contribution in [1.82, 2.24) is 5.32 Å². The smallest absolute Gasteiger partial charge is 0.311 e. The van der Waals surface area contributed by atoms with Crippen molar-refractivity contribution in [3.63, 3.8) is 0 Å². The highest BCUT2D eigenvalue weighted by atomic mass is 16.5. The fourth-order valence-electron chi connectivity index (χ4n) is 2.19. The second-order valence-corrected chi connectivity index (χ2v) is 3.86. The molecule has 0 aromatic heterocycles. The third kappa shape index (κ3) is 1.56. The van der Waals surface area contributed by atoms with Gasteiger partial charge in [0.05, 0.1) is 18.1 Å². The molecule has 0 aromatic rings. The monoisotopic (exact) mass is 185 g/mol. The summed E-state index contributed by atoms with van der Waals surface area (Å²) in [6.45, 7) is 2.06. The van der Waals surface area contributed by atoms with Crippen molar-refractivity contribution in [2.75, 3.05) is 19.7 Å². The Bertz CT molecular complexity index is 211. The molecule has 13 heavy (non-hydrogen) atoms. The van der Waals surface area contributed by atoms with Gasteiger partial charge in [-0.3, -0.25) is 4.79 Å². The fourth-order valence-corrected chi connectivity index (χ4v) is 2.19. The van der Waals surface area contributed by atoms with Crippen LogP contribution in [0.25, 0.3) is 0 Å². The van der Waals surface area contributed by atoms with Crippen molar-refractivity contribution in [2.45, 2.75) is 24.9 Å². The van der Waals surface area contributed by atoms with Gasteiger partial charge in [0.15, 0.2) is 0 Å². The summed E-state index contributed by atoms with van der Waals surface area (Å²) in [5, 5.41) is 13.4. The quantitative estimate of drug-likeness (QED) is 0.549. The van der Waals surface area contributed by atoms with E-state index in [1.165, 1.54) is 0 Å². The third-order valence-corrected chi connectivity index (χ3v) is 3.05. The van der Waals surface area contributed by atoms with E-state index in [1.54, 1.807) is 0 Å². The van der Waals surface area contributed by atoms with Crippen LogP contribution >= 0.6 is 0 Å². The van der Waals surface area contributed by atoms with E-state index in [1.807, 2.05) is 0 Å². The van der Waals surface area contributed by atoms with Crippen LogP contribution in [-0.4, -0.2) is 36.4 Å². The maximum Gasteiger partial charge on any atom is 0.311 e. The van der Waals surface area contributed by atoms with Crippen LogP contribution in [0.3, 0.4) is 0 Å². The molecular weight excluding hydrogens is 170 g/mol. The summed E-state index contributed by atoms with van der Waals surface area (Å²) in [5.41, 5.74) is -0.807. The van der Waals surface area contributed by atoms with Crippen LogP contribution in [0.5, 0.6) is 0 Å². The summed E-state index contributed by atoms with van der Waals surface area (Å²) < 4.78 is 4.86. The molecule has 4 heteroatoms. The minimum absolute atomic E-state index is 0.218. The molecule has 2 aliphatic heterocycles. The van der Waals surface area contributed by atoms with Gasteiger partial charge in [-0.1, -0.05) is 0 Å². The Labute approximate surface area is 77.3 Å². The molecular formula is C9H15NO3. The average Bonchev–Trinajstić information content (AvgIpc) is 2.53. The number of hydrogen-bond donors (Lipinski definition) is 2. The SMILES string of the molecule is O=C1OCCC1C1(O)CCNCC1. The van der Waals surface area contributed by atoms with E-state index in [4.69, 9.17) is 4.74 Å². The Kier molecular flexibility index (Phi) is 2.26. The van der Waals surface area contributed by atoms with Crippen LogP contribution in [-0.2, 0) is 9.53 Å². The number of ether oxygens (including phenoxy) is 1. The van der Waals surface area contributed by atoms with E-state index < -0.39 is 5.60 Å². The van der Waals surface area contributed by atoms with Crippen molar-refractivity contribution in [3.8, 4) is 0 Å². The van der Waals surface area contributed by atoms with E-state index in [0.717, 1.165) is 13.1 Å². The van der Waals surface area contributed by atoms with Crippen molar-refractivity contribution in [2.24, 2.45) is 5.92 Å². The molecule has 1 unspecified atom stereocenters. The predicted octanol–water partition coefficient (Wildman–Crippen LogP) is -0.336. The molecule has 0 radical (unpaired) electrons. The van der Waals surface area contributed by atoms with E-state index >= 15 is 0 Å². The standard InChI is InChI=1S/C9H15NO3/c11-8-7(1-6-13-8)9(12)2-4-10-5-3-9/h7,10,12H,1-6H2. The minimum atomic E-state index is -0.807. The number of cyclic esters (lactones) is 1. The van der Waals surface area contributed by atoms with E-state index in [2.05, 4.69) is 5.32 Å². The molecule has 2 rings (SSSR count). The van der Waals surface area contributed by atoms with Crippen LogP contribution in [0.4, 0.5) is 0 Å². The van der Waals surface area contributed by atoms with Crippen molar-refractivity contribution in [3.05, 3.63) is 0 Å². The lowest BCUT2D eigenvalue weighted by Gasteiger charge is -2.35. The molecule has 2 N–H and O–H groups in total. The maximum atomic E-state index is 11.3. The number of rotatable bonds is 1. The highest BCUT2D eigenvalue weighted by Gasteiger charge is 2.45. The molecule has 0 bridgehead atoms. The molecule has 2 heterocycles. The van der Waals surface area contributed by atoms with Crippen molar-refractivity contribution >= 4 is 5.97 Å². The van der Waals surface area contributed by atoms with E-state index in [9.17, 15) is 9.90 Å². The molecule has 2 saturated heterocycles. The van der Waals surface area contributed by atoms with Gasteiger partial charge in [-0.2, -0.15) is 0 Å². The van der Waals surface area contributed by atoms with Gasteiger partial charge in [-0.15, -0.1) is 0 Å². The topological polar surface area (TPSA) is 58.6 Å². The van der Waals surface area contributed by atoms with Gasteiger partial charge in [0, 0.05) is 0 Å². The molecule has 0 saturated carbocycles. The molecule has 74 valence electrons. The molecule has 0 aliphatic carbocycles. The lowest BCUT2D eigenvalue weighted by molar-refractivity contribution is -0.150. The lowest BCUT2D eigenvalue weighted by atomic mass is 9.79. The molecule has 4 nitrogen and oxygen atoms in total. The van der Waals surface area contributed by atoms with Gasteiger partial charge in [0.2, 0.25) is 0 Å². The number of carbonyl (C=O) groups excluding carboxylic acids is 1. The fraction of sp³-hybridized carbons (Fsp3) is 0.889. The maximum absolute atomic E-state index is 11.3. The zero-order valence-corrected chi connectivity index (χ0v) is 7.58. The summed E-state index contributed by atoms with van der Waals surface area (Å²) >= 11 is 0. The second kappa shape index (κ2) is 3.27. The normalized spacial score (nSPS) is 33.0. The van der Waals surface area contributed by atoms with Crippen LogP contribution in [0.2, 0.25) is 0 Å². The van der Waals surface area contributed by atoms with Gasteiger partial charge < -0.3 is 15.2 Å². The first-order chi connectivity index (χ1) is 6.22. The first kappa shape index (κ1) is 8.97. The van der Waals surface area contributed by atoms with Crippen LogP contribution in [0.1, 0.15) is 19.3 Å². The minimum Gasteiger partial charge on any atom is -0.465 e. The Morgan fingerprint density at radius 3 is 2.69 bits per heavy atom. The van der Waals surface area contributed by atoms with Gasteiger partial charge in [-0.25, -0.2) is 0 Å². The molecule has 0 amide bonds. The summed E-state index contributed by atoms with van der Waals surface area (Å²) in [5.74, 6) is -0.501. The van der Waals surface area contributed by atoms with Crippen LogP contribution in [0, 0.1) is 5.92 Å². The van der Waals surface area contributed by atoms with Gasteiger partial charge >= 0.3 is 5.97 Å². The Morgan fingerprint density at radius 2 is 2.15 bits per heavy atom. The largest absolute Gasteiger partial charge is 0.465 e. The zero-order valence-electron chi connectivity index (χ0n) is 7.58. The Balaban J connectivity index is 2.07. The summed E-state index contributed by atoms with van der Waals surface area (Å²) in [6, 6.07) is 0. The number of nitrogens with one attached hydrogen (secondary N) is 1. The van der Waals surface area contributed by atoms with Gasteiger partial charge in [0.1, 0.15) is 0 Å². The predicted molar refractivity (Wildman–Crippen MR) is 46.1 cm³/mol. The number of hydrogen-bond acceptors (Lipinski definition) is 4. The van der Waals surface area contributed by atoms with Crippen LogP contribution < -0.4 is 5.32 Å². The van der Waals surface area contributed by atoms with Gasteiger partial charge in [0.25, 0.3) is 0 Å². The number of carbonyl (C=O) groups is 1. The average molecular weight is 185 g/mol. The summed E-state index contributed by atoms with van der Waals surface area (Å²) in [4.78, 5) is 11.3. The zero-order chi connectivity index (χ0) is 9.31. The first-order valence-electron chi connectivity index (χ1n) is 4.82. The third-order valence-electron chi connectivity index (χ3n) is 3.05. The summed E-state index contributed by atoms with van der Waals surface area (Å²) in [7, 11) is 0. The molecule has 1 atom stereocenters. The number of piperidine rings is 1. The Hall–Kier alpha value is -0.610. The molecule has 0 aromatic carbocycles. The van der Waals surface area contributed by atoms with Gasteiger partial charge in [-0.05, 0) is 32.4 Å².